The minimum Gasteiger partial charge on any atom is -0.338 e. The van der Waals surface area contributed by atoms with Crippen molar-refractivity contribution in [3.05, 3.63) is 60.1 Å². The van der Waals surface area contributed by atoms with Crippen molar-refractivity contribution in [3.63, 3.8) is 0 Å². The number of aromatic nitrogens is 4. The summed E-state index contributed by atoms with van der Waals surface area (Å²) < 4.78 is 18.3. The smallest absolute Gasteiger partial charge is 0.276 e. The van der Waals surface area contributed by atoms with Gasteiger partial charge in [0.25, 0.3) is 11.8 Å². The van der Waals surface area contributed by atoms with E-state index in [-0.39, 0.29) is 11.8 Å². The first-order valence-electron chi connectivity index (χ1n) is 8.36. The number of carbonyl (C=O) groups excluding carboxylic acids is 1. The molecule has 4 heterocycles. The van der Waals surface area contributed by atoms with Crippen LogP contribution in [0.4, 0.5) is 4.39 Å². The van der Waals surface area contributed by atoms with Gasteiger partial charge < -0.3 is 9.42 Å². The molecule has 0 aliphatic carbocycles. The zero-order valence-electron chi connectivity index (χ0n) is 13.9. The van der Waals surface area contributed by atoms with Gasteiger partial charge in [-0.05, 0) is 37.1 Å². The van der Waals surface area contributed by atoms with E-state index in [0.717, 1.165) is 12.8 Å². The molecule has 1 unspecified atom stereocenters. The molecule has 0 bridgehead atoms. The van der Waals surface area contributed by atoms with Gasteiger partial charge in [0.1, 0.15) is 5.69 Å². The molecule has 1 fully saturated rings. The number of piperidine rings is 1. The first kappa shape index (κ1) is 16.3. The van der Waals surface area contributed by atoms with Crippen molar-refractivity contribution >= 4 is 5.91 Å². The molecule has 0 spiro atoms. The summed E-state index contributed by atoms with van der Waals surface area (Å²) >= 11 is 0. The Morgan fingerprint density at radius 2 is 2.15 bits per heavy atom. The number of pyridine rings is 2. The van der Waals surface area contributed by atoms with E-state index < -0.39 is 5.95 Å². The Labute approximate surface area is 148 Å². The van der Waals surface area contributed by atoms with E-state index in [1.807, 2.05) is 12.1 Å². The van der Waals surface area contributed by atoms with E-state index in [0.29, 0.717) is 36.1 Å². The molecular formula is C18H16FN5O2. The quantitative estimate of drug-likeness (QED) is 0.673. The highest BCUT2D eigenvalue weighted by Crippen LogP contribution is 2.27. The third kappa shape index (κ3) is 3.30. The minimum absolute atomic E-state index is 0.0117. The van der Waals surface area contributed by atoms with Gasteiger partial charge in [-0.25, -0.2) is 4.98 Å². The molecule has 4 rings (SSSR count). The number of nitrogens with zero attached hydrogens (tertiary/aromatic N) is 5. The van der Waals surface area contributed by atoms with Crippen molar-refractivity contribution < 1.29 is 13.7 Å². The summed E-state index contributed by atoms with van der Waals surface area (Å²) in [5, 5.41) is 4.07. The molecule has 26 heavy (non-hydrogen) atoms. The van der Waals surface area contributed by atoms with E-state index in [1.54, 1.807) is 17.2 Å². The topological polar surface area (TPSA) is 85.0 Å². The SMILES string of the molecule is O=C(c1ccc(F)nc1)N1CCCC(c2noc(-c3ccccn3)n2)C1. The number of halogens is 1. The minimum atomic E-state index is -0.605. The predicted molar refractivity (Wildman–Crippen MR) is 89.6 cm³/mol. The maximum Gasteiger partial charge on any atom is 0.276 e. The molecule has 132 valence electrons. The maximum atomic E-state index is 12.9. The molecule has 3 aromatic heterocycles. The fourth-order valence-corrected chi connectivity index (χ4v) is 3.05. The van der Waals surface area contributed by atoms with Gasteiger partial charge in [-0.3, -0.25) is 9.78 Å². The van der Waals surface area contributed by atoms with Crippen molar-refractivity contribution in [2.24, 2.45) is 0 Å². The molecule has 1 saturated heterocycles. The van der Waals surface area contributed by atoms with Crippen molar-refractivity contribution in [2.45, 2.75) is 18.8 Å². The lowest BCUT2D eigenvalue weighted by atomic mass is 9.97. The van der Waals surface area contributed by atoms with Gasteiger partial charge in [-0.15, -0.1) is 0 Å². The average molecular weight is 353 g/mol. The predicted octanol–water partition coefficient (Wildman–Crippen LogP) is 2.69. The van der Waals surface area contributed by atoms with Crippen LogP contribution in [-0.4, -0.2) is 44.0 Å². The Balaban J connectivity index is 1.49. The number of amides is 1. The van der Waals surface area contributed by atoms with Crippen LogP contribution in [-0.2, 0) is 0 Å². The van der Waals surface area contributed by atoms with Crippen molar-refractivity contribution in [1.82, 2.24) is 25.0 Å². The first-order chi connectivity index (χ1) is 12.7. The Hall–Kier alpha value is -3.16. The van der Waals surface area contributed by atoms with Crippen LogP contribution in [0, 0.1) is 5.95 Å². The van der Waals surface area contributed by atoms with Crippen molar-refractivity contribution in [3.8, 4) is 11.6 Å². The Morgan fingerprint density at radius 3 is 2.92 bits per heavy atom. The molecule has 0 radical (unpaired) electrons. The fourth-order valence-electron chi connectivity index (χ4n) is 3.05. The van der Waals surface area contributed by atoms with E-state index >= 15 is 0 Å². The molecule has 1 atom stereocenters. The van der Waals surface area contributed by atoms with Crippen LogP contribution < -0.4 is 0 Å². The molecule has 0 aromatic carbocycles. The van der Waals surface area contributed by atoms with Gasteiger partial charge in [-0.2, -0.15) is 9.37 Å². The highest BCUT2D eigenvalue weighted by Gasteiger charge is 2.29. The summed E-state index contributed by atoms with van der Waals surface area (Å²) in [6.07, 6.45) is 4.62. The lowest BCUT2D eigenvalue weighted by Crippen LogP contribution is -2.39. The van der Waals surface area contributed by atoms with Crippen LogP contribution >= 0.6 is 0 Å². The molecule has 8 heteroatoms. The zero-order valence-corrected chi connectivity index (χ0v) is 13.9. The van der Waals surface area contributed by atoms with Gasteiger partial charge in [0, 0.05) is 31.4 Å². The van der Waals surface area contributed by atoms with Crippen LogP contribution in [0.25, 0.3) is 11.6 Å². The average Bonchev–Trinajstić information content (AvgIpc) is 3.19. The van der Waals surface area contributed by atoms with E-state index in [4.69, 9.17) is 4.52 Å². The number of rotatable bonds is 3. The maximum absolute atomic E-state index is 12.9. The van der Waals surface area contributed by atoms with Gasteiger partial charge in [0.2, 0.25) is 5.95 Å². The van der Waals surface area contributed by atoms with Gasteiger partial charge in [0.15, 0.2) is 5.82 Å². The second kappa shape index (κ2) is 6.99. The molecule has 1 amide bonds. The van der Waals surface area contributed by atoms with E-state index in [9.17, 15) is 9.18 Å². The largest absolute Gasteiger partial charge is 0.338 e. The second-order valence-corrected chi connectivity index (χ2v) is 6.13. The van der Waals surface area contributed by atoms with Crippen LogP contribution in [0.1, 0.15) is 34.9 Å². The molecular weight excluding hydrogens is 337 g/mol. The summed E-state index contributed by atoms with van der Waals surface area (Å²) in [5.41, 5.74) is 0.988. The fraction of sp³-hybridized carbons (Fsp3) is 0.278. The van der Waals surface area contributed by atoms with Gasteiger partial charge >= 0.3 is 0 Å². The van der Waals surface area contributed by atoms with Gasteiger partial charge in [-0.1, -0.05) is 11.2 Å². The number of likely N-dealkylation sites (tertiary alicyclic amines) is 1. The van der Waals surface area contributed by atoms with Crippen LogP contribution in [0.15, 0.2) is 47.2 Å². The van der Waals surface area contributed by atoms with Crippen LogP contribution in [0.2, 0.25) is 0 Å². The summed E-state index contributed by atoms with van der Waals surface area (Å²) in [7, 11) is 0. The first-order valence-corrected chi connectivity index (χ1v) is 8.36. The van der Waals surface area contributed by atoms with Gasteiger partial charge in [0.05, 0.1) is 5.56 Å². The van der Waals surface area contributed by atoms with Crippen LogP contribution in [0.5, 0.6) is 0 Å². The monoisotopic (exact) mass is 353 g/mol. The van der Waals surface area contributed by atoms with E-state index in [2.05, 4.69) is 20.1 Å². The molecule has 7 nitrogen and oxygen atoms in total. The number of hydrogen-bond donors (Lipinski definition) is 0. The Bertz CT molecular complexity index is 897. The lowest BCUT2D eigenvalue weighted by Gasteiger charge is -2.31. The third-order valence-electron chi connectivity index (χ3n) is 4.37. The molecule has 1 aliphatic rings. The third-order valence-corrected chi connectivity index (χ3v) is 4.37. The van der Waals surface area contributed by atoms with Crippen molar-refractivity contribution in [2.75, 3.05) is 13.1 Å². The number of carbonyl (C=O) groups is 1. The zero-order chi connectivity index (χ0) is 17.9. The highest BCUT2D eigenvalue weighted by atomic mass is 19.1. The Kier molecular flexibility index (Phi) is 4.39. The second-order valence-electron chi connectivity index (χ2n) is 6.13. The molecule has 1 aliphatic heterocycles. The lowest BCUT2D eigenvalue weighted by molar-refractivity contribution is 0.0703. The summed E-state index contributed by atoms with van der Waals surface area (Å²) in [6.45, 7) is 1.12. The highest BCUT2D eigenvalue weighted by molar-refractivity contribution is 5.94. The summed E-state index contributed by atoms with van der Waals surface area (Å²) in [5.74, 6) is 0.150. The molecule has 3 aromatic rings. The van der Waals surface area contributed by atoms with Crippen LogP contribution in [0.3, 0.4) is 0 Å². The molecule has 0 N–H and O–H groups in total. The summed E-state index contributed by atoms with van der Waals surface area (Å²) in [4.78, 5) is 26.5. The number of hydrogen-bond acceptors (Lipinski definition) is 6. The standard InChI is InChI=1S/C18H16FN5O2/c19-15-7-6-12(10-21-15)18(25)24-9-3-4-13(11-24)16-22-17(26-23-16)14-5-1-2-8-20-14/h1-2,5-8,10,13H,3-4,9,11H2. The van der Waals surface area contributed by atoms with E-state index in [1.165, 1.54) is 18.3 Å². The van der Waals surface area contributed by atoms with Crippen molar-refractivity contribution in [1.29, 1.82) is 0 Å². The Morgan fingerprint density at radius 1 is 1.23 bits per heavy atom. The normalized spacial score (nSPS) is 17.3. The summed E-state index contributed by atoms with van der Waals surface area (Å²) in [6, 6.07) is 8.10. The molecule has 0 saturated carbocycles.